The van der Waals surface area contributed by atoms with Gasteiger partial charge in [0, 0.05) is 17.6 Å². The van der Waals surface area contributed by atoms with E-state index in [1.165, 1.54) is 0 Å². The largest absolute Gasteiger partial charge is 0.478 e. The number of hydrogen-bond acceptors (Lipinski definition) is 2. The van der Waals surface area contributed by atoms with Crippen LogP contribution in [0.5, 0.6) is 0 Å². The van der Waals surface area contributed by atoms with E-state index in [0.717, 1.165) is 16.9 Å². The molecule has 0 unspecified atom stereocenters. The van der Waals surface area contributed by atoms with E-state index in [-0.39, 0.29) is 5.56 Å². The summed E-state index contributed by atoms with van der Waals surface area (Å²) in [5.41, 5.74) is 2.19. The molecule has 0 saturated heterocycles. The van der Waals surface area contributed by atoms with Crippen LogP contribution in [0.4, 0.5) is 0 Å². The first-order valence-electron chi connectivity index (χ1n) is 6.07. The van der Waals surface area contributed by atoms with Crippen molar-refractivity contribution < 1.29 is 9.90 Å². The molecule has 3 aromatic rings. The van der Waals surface area contributed by atoms with Crippen molar-refractivity contribution in [3.63, 3.8) is 0 Å². The number of imidazole rings is 1. The van der Waals surface area contributed by atoms with Crippen molar-refractivity contribution in [2.24, 2.45) is 0 Å². The molecule has 1 aromatic carbocycles. The Kier molecular flexibility index (Phi) is 3.16. The van der Waals surface area contributed by atoms with E-state index in [2.05, 4.69) is 4.98 Å². The highest BCUT2D eigenvalue weighted by Gasteiger charge is 2.08. The highest BCUT2D eigenvalue weighted by Crippen LogP contribution is 2.15. The Balaban J connectivity index is 2.00. The molecule has 0 fully saturated rings. The Morgan fingerprint density at radius 3 is 2.65 bits per heavy atom. The molecule has 100 valence electrons. The zero-order valence-electron chi connectivity index (χ0n) is 10.5. The molecule has 0 aliphatic heterocycles. The fraction of sp³-hybridized carbons (Fsp3) is 0.0667. The summed E-state index contributed by atoms with van der Waals surface area (Å²) in [4.78, 5) is 15.4. The number of aromatic carboxylic acids is 1. The van der Waals surface area contributed by atoms with E-state index < -0.39 is 5.97 Å². The van der Waals surface area contributed by atoms with Gasteiger partial charge in [0.2, 0.25) is 0 Å². The van der Waals surface area contributed by atoms with E-state index >= 15 is 0 Å². The Morgan fingerprint density at radius 2 is 1.95 bits per heavy atom. The zero-order valence-corrected chi connectivity index (χ0v) is 11.2. The van der Waals surface area contributed by atoms with Gasteiger partial charge in [-0.05, 0) is 29.8 Å². The van der Waals surface area contributed by atoms with Crippen LogP contribution in [-0.4, -0.2) is 20.5 Å². The van der Waals surface area contributed by atoms with Crippen molar-refractivity contribution in [1.29, 1.82) is 0 Å². The van der Waals surface area contributed by atoms with Crippen molar-refractivity contribution in [3.8, 4) is 0 Å². The van der Waals surface area contributed by atoms with Crippen LogP contribution in [0.1, 0.15) is 21.7 Å². The topological polar surface area (TPSA) is 54.6 Å². The summed E-state index contributed by atoms with van der Waals surface area (Å²) in [6.45, 7) is 0. The van der Waals surface area contributed by atoms with Crippen molar-refractivity contribution in [3.05, 3.63) is 70.8 Å². The molecule has 3 rings (SSSR count). The predicted molar refractivity (Wildman–Crippen MR) is 76.4 cm³/mol. The van der Waals surface area contributed by atoms with Crippen LogP contribution in [0.3, 0.4) is 0 Å². The molecule has 1 N–H and O–H groups in total. The lowest BCUT2D eigenvalue weighted by atomic mass is 10.1. The maximum Gasteiger partial charge on any atom is 0.337 e. The Hall–Kier alpha value is -2.33. The minimum atomic E-state index is -0.946. The first-order valence-corrected chi connectivity index (χ1v) is 6.45. The fourth-order valence-electron chi connectivity index (χ4n) is 2.09. The molecular weight excluding hydrogens is 276 g/mol. The third-order valence-corrected chi connectivity index (χ3v) is 3.38. The molecule has 4 nitrogen and oxygen atoms in total. The number of nitrogens with zero attached hydrogens (tertiary/aromatic N) is 2. The SMILES string of the molecule is O=C(O)c1ccc2cnc(Cc3ccc(Cl)cc3)n2c1. The monoisotopic (exact) mass is 286 g/mol. The van der Waals surface area contributed by atoms with Crippen LogP contribution in [0.25, 0.3) is 5.52 Å². The average Bonchev–Trinajstić information content (AvgIpc) is 2.84. The van der Waals surface area contributed by atoms with E-state index in [0.29, 0.717) is 11.4 Å². The number of carbonyl (C=O) groups is 1. The van der Waals surface area contributed by atoms with Crippen LogP contribution in [-0.2, 0) is 6.42 Å². The van der Waals surface area contributed by atoms with Gasteiger partial charge in [0.15, 0.2) is 0 Å². The summed E-state index contributed by atoms with van der Waals surface area (Å²) < 4.78 is 1.80. The van der Waals surface area contributed by atoms with Gasteiger partial charge in [-0.25, -0.2) is 9.78 Å². The molecule has 0 saturated carbocycles. The van der Waals surface area contributed by atoms with Gasteiger partial charge in [0.05, 0.1) is 17.3 Å². The number of carboxylic acid groups (broad SMARTS) is 1. The van der Waals surface area contributed by atoms with Crippen LogP contribution in [0.15, 0.2) is 48.8 Å². The third kappa shape index (κ3) is 2.38. The maximum absolute atomic E-state index is 11.0. The van der Waals surface area contributed by atoms with Crippen LogP contribution in [0.2, 0.25) is 5.02 Å². The van der Waals surface area contributed by atoms with Crippen LogP contribution < -0.4 is 0 Å². The number of pyridine rings is 1. The molecule has 2 heterocycles. The minimum Gasteiger partial charge on any atom is -0.478 e. The molecule has 20 heavy (non-hydrogen) atoms. The molecule has 0 aliphatic carbocycles. The number of fused-ring (bicyclic) bond motifs is 1. The smallest absolute Gasteiger partial charge is 0.337 e. The Bertz CT molecular complexity index is 778. The molecule has 0 atom stereocenters. The number of halogens is 1. The van der Waals surface area contributed by atoms with Crippen molar-refractivity contribution in [2.45, 2.75) is 6.42 Å². The third-order valence-electron chi connectivity index (χ3n) is 3.13. The van der Waals surface area contributed by atoms with Crippen molar-refractivity contribution >= 4 is 23.1 Å². The Morgan fingerprint density at radius 1 is 1.20 bits per heavy atom. The standard InChI is InChI=1S/C15H11ClN2O2/c16-12-4-1-10(2-5-12)7-14-17-8-13-6-3-11(15(19)20)9-18(13)14/h1-6,8-9H,7H2,(H,19,20). The minimum absolute atomic E-state index is 0.243. The average molecular weight is 287 g/mol. The number of benzene rings is 1. The van der Waals surface area contributed by atoms with E-state index in [9.17, 15) is 4.79 Å². The normalized spacial score (nSPS) is 10.8. The zero-order chi connectivity index (χ0) is 14.1. The highest BCUT2D eigenvalue weighted by molar-refractivity contribution is 6.30. The molecule has 0 amide bonds. The molecule has 0 aliphatic rings. The summed E-state index contributed by atoms with van der Waals surface area (Å²) in [6.07, 6.45) is 3.95. The van der Waals surface area contributed by atoms with Gasteiger partial charge in [-0.3, -0.25) is 0 Å². The second-order valence-electron chi connectivity index (χ2n) is 4.50. The van der Waals surface area contributed by atoms with Gasteiger partial charge in [0.1, 0.15) is 5.82 Å². The number of rotatable bonds is 3. The first kappa shape index (κ1) is 12.7. The lowest BCUT2D eigenvalue weighted by Gasteiger charge is -2.03. The fourth-order valence-corrected chi connectivity index (χ4v) is 2.21. The van der Waals surface area contributed by atoms with Gasteiger partial charge in [0.25, 0.3) is 0 Å². The Labute approximate surface area is 120 Å². The lowest BCUT2D eigenvalue weighted by molar-refractivity contribution is 0.0696. The number of aromatic nitrogens is 2. The molecule has 5 heteroatoms. The number of hydrogen-bond donors (Lipinski definition) is 1. The van der Waals surface area contributed by atoms with Crippen molar-refractivity contribution in [2.75, 3.05) is 0 Å². The lowest BCUT2D eigenvalue weighted by Crippen LogP contribution is -2.01. The van der Waals surface area contributed by atoms with Crippen molar-refractivity contribution in [1.82, 2.24) is 9.38 Å². The summed E-state index contributed by atoms with van der Waals surface area (Å²) >= 11 is 5.86. The molecule has 0 radical (unpaired) electrons. The summed E-state index contributed by atoms with van der Waals surface area (Å²) in [5, 5.41) is 9.73. The van der Waals surface area contributed by atoms with Gasteiger partial charge < -0.3 is 9.51 Å². The number of carboxylic acids is 1. The van der Waals surface area contributed by atoms with Gasteiger partial charge >= 0.3 is 5.97 Å². The quantitative estimate of drug-likeness (QED) is 0.804. The maximum atomic E-state index is 11.0. The second-order valence-corrected chi connectivity index (χ2v) is 4.93. The van der Waals surface area contributed by atoms with E-state index in [1.807, 2.05) is 24.3 Å². The van der Waals surface area contributed by atoms with Crippen LogP contribution in [0, 0.1) is 0 Å². The first-order chi connectivity index (χ1) is 9.63. The van der Waals surface area contributed by atoms with Gasteiger partial charge in [-0.1, -0.05) is 23.7 Å². The molecular formula is C15H11ClN2O2. The van der Waals surface area contributed by atoms with Crippen LogP contribution >= 0.6 is 11.6 Å². The molecule has 0 bridgehead atoms. The van der Waals surface area contributed by atoms with E-state index in [4.69, 9.17) is 16.7 Å². The summed E-state index contributed by atoms with van der Waals surface area (Å²) in [5.74, 6) is -0.150. The highest BCUT2D eigenvalue weighted by atomic mass is 35.5. The van der Waals surface area contributed by atoms with Gasteiger partial charge in [-0.2, -0.15) is 0 Å². The predicted octanol–water partition coefficient (Wildman–Crippen LogP) is 3.28. The summed E-state index contributed by atoms with van der Waals surface area (Å²) in [6, 6.07) is 10.9. The second kappa shape index (κ2) is 4.98. The summed E-state index contributed by atoms with van der Waals surface area (Å²) in [7, 11) is 0. The van der Waals surface area contributed by atoms with Gasteiger partial charge in [-0.15, -0.1) is 0 Å². The van der Waals surface area contributed by atoms with E-state index in [1.54, 1.807) is 28.9 Å². The molecule has 2 aromatic heterocycles. The molecule has 0 spiro atoms.